The van der Waals surface area contributed by atoms with Crippen LogP contribution in [0.1, 0.15) is 44.5 Å². The van der Waals surface area contributed by atoms with Crippen LogP contribution in [0, 0.1) is 13.1 Å². The van der Waals surface area contributed by atoms with Crippen LogP contribution in [0.15, 0.2) is 449 Å². The Labute approximate surface area is 709 Å². The van der Waals surface area contributed by atoms with Gasteiger partial charge in [-0.2, -0.15) is 0 Å². The summed E-state index contributed by atoms with van der Waals surface area (Å²) in [4.78, 5) is 29.0. The number of hydrogen-bond acceptors (Lipinski definition) is 4. The van der Waals surface area contributed by atoms with E-state index in [2.05, 4.69) is 428 Å². The van der Waals surface area contributed by atoms with Crippen molar-refractivity contribution < 1.29 is 0 Å². The largest absolute Gasteiger partial charge is 0.238 e. The topological polar surface area (TPSA) is 60.3 Å². The van der Waals surface area contributed by atoms with E-state index in [0.29, 0.717) is 23.0 Å². The molecule has 0 radical (unpaired) electrons. The molecule has 22 rings (SSSR count). The molecule has 6 nitrogen and oxygen atoms in total. The molecule has 6 heteroatoms. The van der Waals surface area contributed by atoms with Crippen LogP contribution in [0.3, 0.4) is 0 Å². The first-order valence-corrected chi connectivity index (χ1v) is 41.2. The molecule has 568 valence electrons. The zero-order valence-electron chi connectivity index (χ0n) is 66.4. The van der Waals surface area contributed by atoms with Gasteiger partial charge in [-0.1, -0.05) is 394 Å². The lowest BCUT2D eigenvalue weighted by molar-refractivity contribution is 0.769. The number of nitrogens with zero attached hydrogens (tertiary/aromatic N) is 6. The molecule has 0 saturated carbocycles. The molecule has 0 atom stereocenters. The summed E-state index contributed by atoms with van der Waals surface area (Å²) in [5.74, 6) is 1.35. The molecule has 2 heterocycles. The van der Waals surface area contributed by atoms with Crippen LogP contribution < -0.4 is 0 Å². The van der Waals surface area contributed by atoms with E-state index in [0.717, 1.165) is 139 Å². The molecule has 2 aliphatic rings. The monoisotopic (exact) mass is 1550 g/mol. The van der Waals surface area contributed by atoms with Gasteiger partial charge in [-0.3, -0.25) is 0 Å². The Morgan fingerprint density at radius 3 is 0.893 bits per heavy atom. The second-order valence-electron chi connectivity index (χ2n) is 31.2. The molecule has 0 amide bonds. The average molecular weight is 1550 g/mol. The van der Waals surface area contributed by atoms with Crippen LogP contribution in [0.4, 0.5) is 11.4 Å². The summed E-state index contributed by atoms with van der Waals surface area (Å²) >= 11 is 0. The Balaban J connectivity index is 0.000000151. The second kappa shape index (κ2) is 31.2. The summed E-state index contributed by atoms with van der Waals surface area (Å²) in [7, 11) is 0. The molecule has 20 aromatic rings. The maximum absolute atomic E-state index is 8.27. The average Bonchev–Trinajstić information content (AvgIpc) is 1.55. The summed E-state index contributed by atoms with van der Waals surface area (Å²) in [6, 6.07) is 158. The van der Waals surface area contributed by atoms with Gasteiger partial charge in [-0.25, -0.2) is 29.6 Å². The lowest BCUT2D eigenvalue weighted by Gasteiger charge is -2.34. The normalized spacial score (nSPS) is 12.4. The van der Waals surface area contributed by atoms with E-state index < -0.39 is 10.8 Å². The first-order chi connectivity index (χ1) is 60.3. The predicted octanol–water partition coefficient (Wildman–Crippen LogP) is 29.8. The molecule has 2 aliphatic carbocycles. The van der Waals surface area contributed by atoms with Gasteiger partial charge in [-0.15, -0.1) is 0 Å². The third kappa shape index (κ3) is 13.0. The van der Waals surface area contributed by atoms with Crippen LogP contribution in [0.2, 0.25) is 0 Å². The number of fused-ring (bicyclic) bond motifs is 8. The number of benzene rings is 18. The highest BCUT2D eigenvalue weighted by atomic mass is 14.9. The van der Waals surface area contributed by atoms with Gasteiger partial charge in [0.15, 0.2) is 23.0 Å². The zero-order chi connectivity index (χ0) is 81.5. The molecule has 0 unspecified atom stereocenters. The summed E-state index contributed by atoms with van der Waals surface area (Å²) < 4.78 is 0. The Kier molecular flexibility index (Phi) is 18.8. The van der Waals surface area contributed by atoms with Crippen molar-refractivity contribution in [1.82, 2.24) is 19.9 Å². The molecule has 0 fully saturated rings. The zero-order valence-corrected chi connectivity index (χ0v) is 66.4. The van der Waals surface area contributed by atoms with Gasteiger partial charge in [0.25, 0.3) is 0 Å². The van der Waals surface area contributed by atoms with Crippen LogP contribution in [0.5, 0.6) is 0 Å². The fourth-order valence-corrected chi connectivity index (χ4v) is 18.6. The van der Waals surface area contributed by atoms with Crippen LogP contribution in [-0.2, 0) is 10.8 Å². The highest BCUT2D eigenvalue weighted by Gasteiger charge is 2.48. The van der Waals surface area contributed by atoms with E-state index in [-0.39, 0.29) is 0 Å². The standard InChI is InChI=1S/C60H39N3.C56H35N3/c1-61-55-29-17-28-54-58(55)52-39-46(34-35-53(52)60(54,50-24-13-5-14-25-50)51-26-15-6-16-27-51)43-30-32-45(33-31-43)59-62-56(44-22-11-4-12-23-44)40-57(63-59)49-37-47(41-18-7-2-8-19-41)36-48(38-49)42-20-9-3-10-21-42;1-57-51-22-12-21-50-54(51)48-35-43(31-32-49(48)56(50,46-17-4-2-5-18-46)47-19-6-3-7-20-47)39-23-27-40(28-24-39)52-36-53(44-29-25-37-13-8-10-15-41(37)33-44)59-55(58-52)45-30-26-38-14-9-11-16-42(38)34-45/h2-40H;2-36H. The minimum atomic E-state index is -0.572. The Morgan fingerprint density at radius 2 is 0.475 bits per heavy atom. The molecule has 2 aromatic heterocycles. The van der Waals surface area contributed by atoms with Crippen molar-refractivity contribution in [1.29, 1.82) is 0 Å². The van der Waals surface area contributed by atoms with Gasteiger partial charge >= 0.3 is 0 Å². The quantitative estimate of drug-likeness (QED) is 0.102. The van der Waals surface area contributed by atoms with Crippen molar-refractivity contribution in [2.45, 2.75) is 10.8 Å². The van der Waals surface area contributed by atoms with Gasteiger partial charge in [0, 0.05) is 33.4 Å². The number of aromatic nitrogens is 4. The van der Waals surface area contributed by atoms with E-state index in [9.17, 15) is 0 Å². The Hall–Kier alpha value is -16.4. The summed E-state index contributed by atoms with van der Waals surface area (Å²) in [5, 5.41) is 4.71. The van der Waals surface area contributed by atoms with Gasteiger partial charge in [0.05, 0.1) is 46.7 Å². The predicted molar refractivity (Wildman–Crippen MR) is 501 cm³/mol. The van der Waals surface area contributed by atoms with Gasteiger partial charge in [0.1, 0.15) is 0 Å². The molecule has 122 heavy (non-hydrogen) atoms. The molecule has 0 N–H and O–H groups in total. The molecular formula is C116H74N6. The lowest BCUT2D eigenvalue weighted by Crippen LogP contribution is -2.28. The maximum atomic E-state index is 8.27. The highest BCUT2D eigenvalue weighted by molar-refractivity contribution is 5.98. The Bertz CT molecular complexity index is 7240. The summed E-state index contributed by atoms with van der Waals surface area (Å²) in [6.07, 6.45) is 0. The fraction of sp³-hybridized carbons (Fsp3) is 0.0172. The molecule has 0 saturated heterocycles. The molecule has 0 aliphatic heterocycles. The first-order valence-electron chi connectivity index (χ1n) is 41.2. The van der Waals surface area contributed by atoms with E-state index >= 15 is 0 Å². The van der Waals surface area contributed by atoms with Crippen LogP contribution in [-0.4, -0.2) is 19.9 Å². The molecule has 18 aromatic carbocycles. The van der Waals surface area contributed by atoms with Crippen molar-refractivity contribution in [2.24, 2.45) is 0 Å². The van der Waals surface area contributed by atoms with Gasteiger partial charge in [0.2, 0.25) is 0 Å². The molecule has 0 bridgehead atoms. The number of hydrogen-bond donors (Lipinski definition) is 0. The van der Waals surface area contributed by atoms with Crippen molar-refractivity contribution >= 4 is 32.9 Å². The smallest absolute Gasteiger partial charge is 0.195 e. The minimum absolute atomic E-state index is 0.561. The maximum Gasteiger partial charge on any atom is 0.195 e. The Morgan fingerprint density at radius 1 is 0.180 bits per heavy atom. The molecular weight excluding hydrogens is 1480 g/mol. The summed E-state index contributed by atoms with van der Waals surface area (Å²) in [5.41, 5.74) is 32.1. The summed E-state index contributed by atoms with van der Waals surface area (Å²) in [6.45, 7) is 16.5. The highest BCUT2D eigenvalue weighted by Crippen LogP contribution is 2.61. The van der Waals surface area contributed by atoms with E-state index in [1.807, 2.05) is 30.3 Å². The minimum Gasteiger partial charge on any atom is -0.238 e. The molecule has 0 spiro atoms. The third-order valence-electron chi connectivity index (χ3n) is 24.4. The van der Waals surface area contributed by atoms with Gasteiger partial charge in [-0.05, 0) is 187 Å². The van der Waals surface area contributed by atoms with Gasteiger partial charge < -0.3 is 0 Å². The fourth-order valence-electron chi connectivity index (χ4n) is 18.6. The second-order valence-corrected chi connectivity index (χ2v) is 31.2. The third-order valence-corrected chi connectivity index (χ3v) is 24.4. The lowest BCUT2D eigenvalue weighted by atomic mass is 9.67. The van der Waals surface area contributed by atoms with Crippen LogP contribution >= 0.6 is 0 Å². The first kappa shape index (κ1) is 73.3. The van der Waals surface area contributed by atoms with E-state index in [4.69, 9.17) is 33.1 Å². The van der Waals surface area contributed by atoms with Crippen molar-refractivity contribution in [3.05, 3.63) is 516 Å². The van der Waals surface area contributed by atoms with Crippen molar-refractivity contribution in [3.63, 3.8) is 0 Å². The SMILES string of the molecule is [C-]#[N+]c1cccc2c1-c1cc(-c3ccc(-c4cc(-c5ccc6ccccc6c5)nc(-c5ccc6ccccc6c5)n4)cc3)ccc1C2(c1ccccc1)c1ccccc1.[C-]#[N+]c1cccc2c1-c1cc(-c3ccc(-c4nc(-c5ccccc5)cc(-c5cc(-c6ccccc6)cc(-c6ccccc6)c5)n4)cc3)ccc1C2(c1ccccc1)c1ccccc1. The van der Waals surface area contributed by atoms with E-state index in [1.54, 1.807) is 0 Å². The van der Waals surface area contributed by atoms with Crippen LogP contribution in [0.25, 0.3) is 166 Å². The van der Waals surface area contributed by atoms with E-state index in [1.165, 1.54) is 49.5 Å². The van der Waals surface area contributed by atoms with Crippen molar-refractivity contribution in [3.8, 4) is 135 Å². The van der Waals surface area contributed by atoms with Crippen molar-refractivity contribution in [2.75, 3.05) is 0 Å². The number of rotatable bonds is 14.